The van der Waals surface area contributed by atoms with E-state index >= 15 is 0 Å². The van der Waals surface area contributed by atoms with Gasteiger partial charge in [0.25, 0.3) is 0 Å². The molecule has 1 aromatic heterocycles. The number of aryl methyl sites for hydroxylation is 1. The molecule has 0 N–H and O–H groups in total. The van der Waals surface area contributed by atoms with Gasteiger partial charge >= 0.3 is 6.18 Å². The van der Waals surface area contributed by atoms with Crippen molar-refractivity contribution in [3.05, 3.63) is 61.8 Å². The number of nitrogens with zero attached hydrogens (tertiary/aromatic N) is 2. The highest BCUT2D eigenvalue weighted by atomic mass is 79.9. The Morgan fingerprint density at radius 3 is 2.62 bits per heavy atom. The van der Waals surface area contributed by atoms with Crippen LogP contribution in [0.15, 0.2) is 28.7 Å². The Bertz CT molecular complexity index is 915. The normalized spacial score (nSPS) is 12.1. The Morgan fingerprint density at radius 2 is 2.00 bits per heavy atom. The van der Waals surface area contributed by atoms with Crippen molar-refractivity contribution in [1.29, 1.82) is 0 Å². The molecule has 0 bridgehead atoms. The van der Waals surface area contributed by atoms with E-state index in [2.05, 4.69) is 27.0 Å². The van der Waals surface area contributed by atoms with Crippen molar-refractivity contribution < 1.29 is 13.2 Å². The van der Waals surface area contributed by atoms with Crippen molar-refractivity contribution in [2.75, 3.05) is 0 Å². The van der Waals surface area contributed by atoms with Crippen LogP contribution in [-0.2, 0) is 19.6 Å². The summed E-state index contributed by atoms with van der Waals surface area (Å²) in [7, 11) is 1.66. The number of hydrogen-bond acceptors (Lipinski definition) is 1. The zero-order valence-corrected chi connectivity index (χ0v) is 15.3. The number of fused-ring (bicyclic) bond motifs is 1. The summed E-state index contributed by atoms with van der Waals surface area (Å²) in [5, 5.41) is 0.745. The first-order valence-electron chi connectivity index (χ1n) is 6.75. The fourth-order valence-electron chi connectivity index (χ4n) is 2.48. The standard InChI is InChI=1S/C16H9BrCl2F3N2/c1-24-13-6-8(17)5-10(16(20,21)22)15(13)23-14(24)7-9-11(18)3-2-4-12(9)19/h2-3,5-6H,7H2,1H3. The molecule has 2 nitrogen and oxygen atoms in total. The van der Waals surface area contributed by atoms with Gasteiger partial charge < -0.3 is 4.57 Å². The van der Waals surface area contributed by atoms with Crippen LogP contribution in [0.5, 0.6) is 0 Å². The predicted molar refractivity (Wildman–Crippen MR) is 91.5 cm³/mol. The van der Waals surface area contributed by atoms with Crippen LogP contribution in [0, 0.1) is 6.07 Å². The second-order valence-electron chi connectivity index (χ2n) is 5.20. The molecular weight excluding hydrogens is 428 g/mol. The number of imidazole rings is 1. The van der Waals surface area contributed by atoms with Crippen LogP contribution < -0.4 is 0 Å². The van der Waals surface area contributed by atoms with Crippen LogP contribution >= 0.6 is 39.1 Å². The van der Waals surface area contributed by atoms with Gasteiger partial charge in [-0.3, -0.25) is 0 Å². The lowest BCUT2D eigenvalue weighted by Gasteiger charge is -2.08. The first-order chi connectivity index (χ1) is 11.2. The van der Waals surface area contributed by atoms with Crippen molar-refractivity contribution in [2.24, 2.45) is 7.05 Å². The van der Waals surface area contributed by atoms with Gasteiger partial charge in [-0.1, -0.05) is 45.2 Å². The molecular formula is C16H9BrCl2F3N2. The number of hydrogen-bond donors (Lipinski definition) is 0. The summed E-state index contributed by atoms with van der Waals surface area (Å²) < 4.78 is 41.8. The minimum Gasteiger partial charge on any atom is -0.331 e. The van der Waals surface area contributed by atoms with Gasteiger partial charge in [-0.05, 0) is 23.8 Å². The number of halogens is 6. The van der Waals surface area contributed by atoms with Crippen LogP contribution in [0.25, 0.3) is 11.0 Å². The summed E-state index contributed by atoms with van der Waals surface area (Å²) in [5.74, 6) is 0.428. The van der Waals surface area contributed by atoms with E-state index in [1.54, 1.807) is 29.8 Å². The van der Waals surface area contributed by atoms with Crippen LogP contribution in [-0.4, -0.2) is 9.55 Å². The van der Waals surface area contributed by atoms with E-state index in [0.29, 0.717) is 31.4 Å². The number of rotatable bonds is 2. The molecule has 125 valence electrons. The summed E-state index contributed by atoms with van der Waals surface area (Å²) in [4.78, 5) is 4.19. The van der Waals surface area contributed by atoms with E-state index in [1.807, 2.05) is 0 Å². The van der Waals surface area contributed by atoms with E-state index in [-0.39, 0.29) is 11.9 Å². The van der Waals surface area contributed by atoms with E-state index in [9.17, 15) is 13.2 Å². The SMILES string of the molecule is Cn1c(Cc2c(Cl)[c]ccc2Cl)nc2c(C(F)(F)F)cc(Br)cc21. The molecule has 0 unspecified atom stereocenters. The Kier molecular flexibility index (Phi) is 4.57. The van der Waals surface area contributed by atoms with Gasteiger partial charge in [0, 0.05) is 29.0 Å². The summed E-state index contributed by atoms with van der Waals surface area (Å²) in [6.45, 7) is 0. The predicted octanol–water partition coefficient (Wildman–Crippen LogP) is 6.05. The molecule has 1 heterocycles. The minimum atomic E-state index is -4.50. The Morgan fingerprint density at radius 1 is 1.29 bits per heavy atom. The van der Waals surface area contributed by atoms with Gasteiger partial charge in [0.1, 0.15) is 11.3 Å². The van der Waals surface area contributed by atoms with E-state index < -0.39 is 11.7 Å². The molecule has 0 spiro atoms. The molecule has 0 aliphatic carbocycles. The maximum absolute atomic E-state index is 13.3. The van der Waals surface area contributed by atoms with E-state index in [1.165, 1.54) is 0 Å². The lowest BCUT2D eigenvalue weighted by molar-refractivity contribution is -0.136. The van der Waals surface area contributed by atoms with Gasteiger partial charge in [0.15, 0.2) is 0 Å². The molecule has 2 aromatic carbocycles. The maximum Gasteiger partial charge on any atom is 0.418 e. The highest BCUT2D eigenvalue weighted by Crippen LogP contribution is 2.37. The smallest absolute Gasteiger partial charge is 0.331 e. The molecule has 3 rings (SSSR count). The van der Waals surface area contributed by atoms with Gasteiger partial charge in [0.2, 0.25) is 0 Å². The van der Waals surface area contributed by atoms with Crippen molar-refractivity contribution >= 4 is 50.2 Å². The third kappa shape index (κ3) is 3.15. The lowest BCUT2D eigenvalue weighted by atomic mass is 10.1. The summed E-state index contributed by atoms with van der Waals surface area (Å²) >= 11 is 15.3. The zero-order chi connectivity index (χ0) is 17.6. The first-order valence-corrected chi connectivity index (χ1v) is 8.30. The van der Waals surface area contributed by atoms with Gasteiger partial charge in [-0.2, -0.15) is 13.2 Å². The highest BCUT2D eigenvalue weighted by Gasteiger charge is 2.34. The third-order valence-electron chi connectivity index (χ3n) is 3.68. The van der Waals surface area contributed by atoms with E-state index in [0.717, 1.165) is 6.07 Å². The van der Waals surface area contributed by atoms with Crippen LogP contribution in [0.4, 0.5) is 13.2 Å². The fraction of sp³-hybridized carbons (Fsp3) is 0.188. The Hall–Kier alpha value is -1.24. The quantitative estimate of drug-likeness (QED) is 0.478. The van der Waals surface area contributed by atoms with Gasteiger partial charge in [-0.15, -0.1) is 0 Å². The molecule has 0 saturated carbocycles. The van der Waals surface area contributed by atoms with Gasteiger partial charge in [0.05, 0.1) is 16.1 Å². The Balaban J connectivity index is 2.19. The molecule has 24 heavy (non-hydrogen) atoms. The molecule has 0 aliphatic heterocycles. The molecule has 3 aromatic rings. The van der Waals surface area contributed by atoms with Crippen molar-refractivity contribution in [3.8, 4) is 0 Å². The summed E-state index contributed by atoms with van der Waals surface area (Å²) in [5.41, 5.74) is 0.0617. The van der Waals surface area contributed by atoms with Crippen molar-refractivity contribution in [3.63, 3.8) is 0 Å². The second-order valence-corrected chi connectivity index (χ2v) is 6.90. The number of alkyl halides is 3. The van der Waals surface area contributed by atoms with Crippen LogP contribution in [0.3, 0.4) is 0 Å². The first kappa shape index (κ1) is 17.6. The lowest BCUT2D eigenvalue weighted by Crippen LogP contribution is -2.06. The molecule has 1 radical (unpaired) electrons. The van der Waals surface area contributed by atoms with Gasteiger partial charge in [-0.25, -0.2) is 4.98 Å². The Labute approximate surface area is 154 Å². The van der Waals surface area contributed by atoms with Crippen molar-refractivity contribution in [1.82, 2.24) is 9.55 Å². The van der Waals surface area contributed by atoms with Crippen LogP contribution in [0.2, 0.25) is 10.0 Å². The summed E-state index contributed by atoms with van der Waals surface area (Å²) in [6, 6.07) is 8.65. The average molecular weight is 437 g/mol. The largest absolute Gasteiger partial charge is 0.418 e. The molecule has 0 atom stereocenters. The fourth-order valence-corrected chi connectivity index (χ4v) is 3.43. The molecule has 0 amide bonds. The zero-order valence-electron chi connectivity index (χ0n) is 12.2. The second kappa shape index (κ2) is 6.24. The van der Waals surface area contributed by atoms with Crippen LogP contribution in [0.1, 0.15) is 17.0 Å². The molecule has 0 aliphatic rings. The molecule has 0 saturated heterocycles. The molecule has 8 heteroatoms. The van der Waals surface area contributed by atoms with E-state index in [4.69, 9.17) is 23.2 Å². The highest BCUT2D eigenvalue weighted by molar-refractivity contribution is 9.10. The number of aromatic nitrogens is 2. The third-order valence-corrected chi connectivity index (χ3v) is 4.83. The number of benzene rings is 2. The average Bonchev–Trinajstić information content (AvgIpc) is 2.78. The minimum absolute atomic E-state index is 0.102. The topological polar surface area (TPSA) is 17.8 Å². The molecule has 0 fully saturated rings. The maximum atomic E-state index is 13.3. The van der Waals surface area contributed by atoms with Crippen molar-refractivity contribution in [2.45, 2.75) is 12.6 Å². The summed E-state index contributed by atoms with van der Waals surface area (Å²) in [6.07, 6.45) is -4.29. The monoisotopic (exact) mass is 435 g/mol.